The SMILES string of the molecule is c1ccc(C[N@@]2NC2c2ccccc2)cc1. The third-order valence-electron chi connectivity index (χ3n) is 2.84. The van der Waals surface area contributed by atoms with Crippen molar-refractivity contribution in [1.82, 2.24) is 10.4 Å². The quantitative estimate of drug-likeness (QED) is 0.788. The second kappa shape index (κ2) is 4.08. The number of nitrogens with one attached hydrogen (secondary N) is 1. The average Bonchev–Trinajstić information content (AvgIpc) is 3.11. The minimum absolute atomic E-state index is 0.390. The van der Waals surface area contributed by atoms with Gasteiger partial charge in [0.05, 0.1) is 0 Å². The summed E-state index contributed by atoms with van der Waals surface area (Å²) >= 11 is 0. The van der Waals surface area contributed by atoms with E-state index in [0.717, 1.165) is 6.54 Å². The van der Waals surface area contributed by atoms with Crippen LogP contribution in [-0.4, -0.2) is 5.01 Å². The Labute approximate surface area is 95.5 Å². The molecule has 0 radical (unpaired) electrons. The summed E-state index contributed by atoms with van der Waals surface area (Å²) in [5, 5.41) is 2.24. The molecule has 1 unspecified atom stereocenters. The van der Waals surface area contributed by atoms with Gasteiger partial charge in [0.25, 0.3) is 0 Å². The predicted molar refractivity (Wildman–Crippen MR) is 64.3 cm³/mol. The molecule has 1 saturated heterocycles. The highest BCUT2D eigenvalue weighted by Crippen LogP contribution is 2.29. The molecule has 0 bridgehead atoms. The van der Waals surface area contributed by atoms with Gasteiger partial charge in [-0.2, -0.15) is 0 Å². The van der Waals surface area contributed by atoms with E-state index in [1.807, 2.05) is 12.1 Å². The standard InChI is InChI=1S/C14H14N2/c1-3-7-12(8-4-1)11-16-14(15-16)13-9-5-2-6-10-13/h1-10,14-15H,11H2/t14?,16-/m1/s1. The highest BCUT2D eigenvalue weighted by molar-refractivity contribution is 5.22. The summed E-state index contributed by atoms with van der Waals surface area (Å²) in [6.45, 7) is 0.959. The van der Waals surface area contributed by atoms with Crippen molar-refractivity contribution < 1.29 is 0 Å². The molecule has 2 heteroatoms. The zero-order valence-corrected chi connectivity index (χ0v) is 9.01. The van der Waals surface area contributed by atoms with Crippen LogP contribution in [0.15, 0.2) is 60.7 Å². The van der Waals surface area contributed by atoms with Crippen LogP contribution in [0.25, 0.3) is 0 Å². The Morgan fingerprint density at radius 3 is 2.19 bits per heavy atom. The summed E-state index contributed by atoms with van der Waals surface area (Å²) in [6.07, 6.45) is 0.390. The molecule has 0 aromatic heterocycles. The molecule has 0 spiro atoms. The molecule has 1 heterocycles. The first-order valence-electron chi connectivity index (χ1n) is 5.55. The lowest BCUT2D eigenvalue weighted by atomic mass is 10.2. The molecular weight excluding hydrogens is 196 g/mol. The molecule has 1 N–H and O–H groups in total. The Hall–Kier alpha value is -1.64. The summed E-state index contributed by atoms with van der Waals surface area (Å²) < 4.78 is 0. The van der Waals surface area contributed by atoms with E-state index in [4.69, 9.17) is 0 Å². The van der Waals surface area contributed by atoms with Crippen molar-refractivity contribution in [1.29, 1.82) is 0 Å². The summed E-state index contributed by atoms with van der Waals surface area (Å²) in [7, 11) is 0. The number of rotatable bonds is 3. The fraction of sp³-hybridized carbons (Fsp3) is 0.143. The lowest BCUT2D eigenvalue weighted by Gasteiger charge is -2.01. The van der Waals surface area contributed by atoms with Crippen molar-refractivity contribution in [3.63, 3.8) is 0 Å². The smallest absolute Gasteiger partial charge is 0.112 e. The van der Waals surface area contributed by atoms with Crippen LogP contribution in [0, 0.1) is 0 Å². The number of nitrogens with zero attached hydrogens (tertiary/aromatic N) is 1. The van der Waals surface area contributed by atoms with Crippen LogP contribution in [0.5, 0.6) is 0 Å². The number of hydrogen-bond acceptors (Lipinski definition) is 2. The van der Waals surface area contributed by atoms with Gasteiger partial charge in [0, 0.05) is 6.54 Å². The van der Waals surface area contributed by atoms with E-state index < -0.39 is 0 Å². The van der Waals surface area contributed by atoms with Crippen molar-refractivity contribution in [2.45, 2.75) is 12.7 Å². The number of hydrazine groups is 1. The normalized spacial score (nSPS) is 23.0. The van der Waals surface area contributed by atoms with E-state index in [9.17, 15) is 0 Å². The van der Waals surface area contributed by atoms with Crippen molar-refractivity contribution in [2.24, 2.45) is 0 Å². The molecule has 2 nitrogen and oxygen atoms in total. The Morgan fingerprint density at radius 1 is 0.875 bits per heavy atom. The molecule has 1 aliphatic heterocycles. The summed E-state index contributed by atoms with van der Waals surface area (Å²) in [4.78, 5) is 0. The molecule has 16 heavy (non-hydrogen) atoms. The van der Waals surface area contributed by atoms with Crippen LogP contribution in [0.2, 0.25) is 0 Å². The van der Waals surface area contributed by atoms with Crippen LogP contribution in [0.4, 0.5) is 0 Å². The van der Waals surface area contributed by atoms with Crippen LogP contribution < -0.4 is 5.43 Å². The maximum atomic E-state index is 3.37. The van der Waals surface area contributed by atoms with Gasteiger partial charge in [0.15, 0.2) is 0 Å². The maximum absolute atomic E-state index is 3.37. The van der Waals surface area contributed by atoms with E-state index in [-0.39, 0.29) is 0 Å². The Kier molecular flexibility index (Phi) is 2.44. The molecule has 0 aliphatic carbocycles. The van der Waals surface area contributed by atoms with Gasteiger partial charge in [-0.1, -0.05) is 60.7 Å². The first-order valence-corrected chi connectivity index (χ1v) is 5.55. The van der Waals surface area contributed by atoms with E-state index in [0.29, 0.717) is 6.17 Å². The van der Waals surface area contributed by atoms with Crippen LogP contribution in [0.1, 0.15) is 17.3 Å². The fourth-order valence-electron chi connectivity index (χ4n) is 1.93. The van der Waals surface area contributed by atoms with Crippen molar-refractivity contribution in [2.75, 3.05) is 0 Å². The topological polar surface area (TPSA) is 25.0 Å². The zero-order valence-electron chi connectivity index (χ0n) is 9.01. The summed E-state index contributed by atoms with van der Waals surface area (Å²) in [5.74, 6) is 0. The van der Waals surface area contributed by atoms with Crippen molar-refractivity contribution in [3.8, 4) is 0 Å². The zero-order chi connectivity index (χ0) is 10.8. The second-order valence-corrected chi connectivity index (χ2v) is 4.06. The average molecular weight is 210 g/mol. The number of benzene rings is 2. The van der Waals surface area contributed by atoms with Gasteiger partial charge >= 0.3 is 0 Å². The fourth-order valence-corrected chi connectivity index (χ4v) is 1.93. The molecule has 0 amide bonds. The van der Waals surface area contributed by atoms with Gasteiger partial charge < -0.3 is 0 Å². The first kappa shape index (κ1) is 9.58. The maximum Gasteiger partial charge on any atom is 0.112 e. The van der Waals surface area contributed by atoms with Crippen molar-refractivity contribution >= 4 is 0 Å². The first-order chi connectivity index (χ1) is 7.93. The molecule has 80 valence electrons. The molecule has 3 rings (SSSR count). The largest absolute Gasteiger partial charge is 0.230 e. The molecular formula is C14H14N2. The Morgan fingerprint density at radius 2 is 1.50 bits per heavy atom. The van der Waals surface area contributed by atoms with Gasteiger partial charge in [0.1, 0.15) is 6.17 Å². The Balaban J connectivity index is 1.65. The van der Waals surface area contributed by atoms with Gasteiger partial charge in [-0.05, 0) is 11.1 Å². The minimum Gasteiger partial charge on any atom is -0.230 e. The van der Waals surface area contributed by atoms with Gasteiger partial charge in [-0.3, -0.25) is 0 Å². The van der Waals surface area contributed by atoms with Gasteiger partial charge in [0.2, 0.25) is 0 Å². The van der Waals surface area contributed by atoms with Crippen LogP contribution >= 0.6 is 0 Å². The molecule has 0 saturated carbocycles. The second-order valence-electron chi connectivity index (χ2n) is 4.06. The highest BCUT2D eigenvalue weighted by atomic mass is 15.7. The van der Waals surface area contributed by atoms with E-state index in [1.54, 1.807) is 0 Å². The summed E-state index contributed by atoms with van der Waals surface area (Å²) in [6, 6.07) is 21.0. The van der Waals surface area contributed by atoms with Crippen LogP contribution in [0.3, 0.4) is 0 Å². The number of hydrogen-bond donors (Lipinski definition) is 1. The van der Waals surface area contributed by atoms with Gasteiger partial charge in [-0.15, -0.1) is 0 Å². The molecule has 1 fully saturated rings. The minimum atomic E-state index is 0.390. The molecule has 2 aromatic rings. The molecule has 1 aliphatic rings. The third kappa shape index (κ3) is 1.98. The lowest BCUT2D eigenvalue weighted by molar-refractivity contribution is 0.479. The van der Waals surface area contributed by atoms with E-state index >= 15 is 0 Å². The predicted octanol–water partition coefficient (Wildman–Crippen LogP) is 2.71. The van der Waals surface area contributed by atoms with E-state index in [2.05, 4.69) is 59.0 Å². The van der Waals surface area contributed by atoms with Gasteiger partial charge in [-0.25, -0.2) is 10.4 Å². The van der Waals surface area contributed by atoms with E-state index in [1.165, 1.54) is 11.1 Å². The van der Waals surface area contributed by atoms with Crippen molar-refractivity contribution in [3.05, 3.63) is 71.8 Å². The van der Waals surface area contributed by atoms with Crippen LogP contribution in [-0.2, 0) is 6.54 Å². The lowest BCUT2D eigenvalue weighted by Crippen LogP contribution is -2.00. The monoisotopic (exact) mass is 210 g/mol. The highest BCUT2D eigenvalue weighted by Gasteiger charge is 2.33. The molecule has 2 atom stereocenters. The third-order valence-corrected chi connectivity index (χ3v) is 2.84. The Bertz CT molecular complexity index is 453. The molecule has 2 aromatic carbocycles. The summed E-state index contributed by atoms with van der Waals surface area (Å²) in [5.41, 5.74) is 6.04.